The fraction of sp³-hybridized carbons (Fsp3) is 0.333. The van der Waals surface area contributed by atoms with E-state index in [-0.39, 0.29) is 0 Å². The van der Waals surface area contributed by atoms with Crippen molar-refractivity contribution in [1.29, 1.82) is 0 Å². The highest BCUT2D eigenvalue weighted by Crippen LogP contribution is 2.40. The molecule has 0 fully saturated rings. The van der Waals surface area contributed by atoms with Gasteiger partial charge in [-0.2, -0.15) is 0 Å². The van der Waals surface area contributed by atoms with Crippen LogP contribution in [0.2, 0.25) is 0 Å². The van der Waals surface area contributed by atoms with Crippen molar-refractivity contribution in [2.75, 3.05) is 6.79 Å². The number of rotatable bonds is 3. The summed E-state index contributed by atoms with van der Waals surface area (Å²) in [5.41, 5.74) is 4.14. The monoisotopic (exact) mass is 359 g/mol. The van der Waals surface area contributed by atoms with Crippen LogP contribution in [0.3, 0.4) is 0 Å². The van der Waals surface area contributed by atoms with Crippen LogP contribution in [0.1, 0.15) is 35.6 Å². The van der Waals surface area contributed by atoms with E-state index >= 15 is 0 Å². The van der Waals surface area contributed by atoms with Gasteiger partial charge >= 0.3 is 0 Å². The second-order valence-electron chi connectivity index (χ2n) is 5.84. The molecule has 0 saturated heterocycles. The van der Waals surface area contributed by atoms with Crippen LogP contribution in [0, 0.1) is 0 Å². The molecule has 1 atom stereocenters. The van der Waals surface area contributed by atoms with Crippen LogP contribution in [-0.4, -0.2) is 6.79 Å². The molecule has 0 bridgehead atoms. The summed E-state index contributed by atoms with van der Waals surface area (Å²) in [5.74, 6) is 1.64. The van der Waals surface area contributed by atoms with Gasteiger partial charge in [-0.05, 0) is 64.0 Å². The van der Waals surface area contributed by atoms with Gasteiger partial charge in [0, 0.05) is 12.6 Å². The lowest BCUT2D eigenvalue weighted by Crippen LogP contribution is -2.24. The van der Waals surface area contributed by atoms with Crippen molar-refractivity contribution in [2.45, 2.75) is 31.8 Å². The van der Waals surface area contributed by atoms with Crippen LogP contribution in [0.5, 0.6) is 11.5 Å². The van der Waals surface area contributed by atoms with E-state index in [9.17, 15) is 0 Å². The van der Waals surface area contributed by atoms with Gasteiger partial charge in [0.05, 0.1) is 4.47 Å². The topological polar surface area (TPSA) is 30.5 Å². The molecule has 1 N–H and O–H groups in total. The number of nitrogens with one attached hydrogen (secondary N) is 1. The Bertz CT molecular complexity index is 701. The summed E-state index contributed by atoms with van der Waals surface area (Å²) in [6, 6.07) is 13.4. The smallest absolute Gasteiger partial charge is 0.231 e. The van der Waals surface area contributed by atoms with Crippen LogP contribution in [0.15, 0.2) is 40.9 Å². The minimum absolute atomic E-state index is 0.306. The number of halogens is 1. The number of fused-ring (bicyclic) bond motifs is 2. The van der Waals surface area contributed by atoms with Crippen molar-refractivity contribution in [3.8, 4) is 11.5 Å². The summed E-state index contributed by atoms with van der Waals surface area (Å²) < 4.78 is 11.9. The number of hydrogen-bond acceptors (Lipinski definition) is 3. The van der Waals surface area contributed by atoms with E-state index in [1.807, 2.05) is 0 Å². The Morgan fingerprint density at radius 1 is 1.18 bits per heavy atom. The average Bonchev–Trinajstić information content (AvgIpc) is 3.02. The molecule has 1 heterocycles. The maximum absolute atomic E-state index is 5.49. The SMILES string of the molecule is Brc1cc(CN[C@@H]2CCCc3ccccc32)cc2c1OCO2. The van der Waals surface area contributed by atoms with E-state index in [0.717, 1.165) is 22.5 Å². The van der Waals surface area contributed by atoms with Crippen molar-refractivity contribution >= 4 is 15.9 Å². The van der Waals surface area contributed by atoms with E-state index in [0.29, 0.717) is 12.8 Å². The van der Waals surface area contributed by atoms with Crippen molar-refractivity contribution in [1.82, 2.24) is 5.32 Å². The van der Waals surface area contributed by atoms with Gasteiger partial charge in [-0.3, -0.25) is 0 Å². The summed E-state index contributed by atoms with van der Waals surface area (Å²) in [7, 11) is 0. The number of aryl methyl sites for hydroxylation is 1. The van der Waals surface area contributed by atoms with Gasteiger partial charge in [0.1, 0.15) is 0 Å². The standard InChI is InChI=1S/C18H18BrNO2/c19-15-8-12(9-17-18(15)22-11-21-17)10-20-16-7-3-5-13-4-1-2-6-14(13)16/h1-2,4,6,8-9,16,20H,3,5,7,10-11H2/t16-/m1/s1. The third kappa shape index (κ3) is 2.61. The highest BCUT2D eigenvalue weighted by molar-refractivity contribution is 9.10. The zero-order valence-corrected chi connectivity index (χ0v) is 13.9. The average molecular weight is 360 g/mol. The molecule has 2 aliphatic rings. The lowest BCUT2D eigenvalue weighted by Gasteiger charge is -2.26. The second kappa shape index (κ2) is 5.94. The Labute approximate surface area is 138 Å². The van der Waals surface area contributed by atoms with Crippen LogP contribution in [0.25, 0.3) is 0 Å². The first-order valence-electron chi connectivity index (χ1n) is 7.70. The third-order valence-electron chi connectivity index (χ3n) is 4.41. The number of ether oxygens (including phenoxy) is 2. The summed E-state index contributed by atoms with van der Waals surface area (Å²) in [6.45, 7) is 1.13. The molecule has 0 saturated carbocycles. The van der Waals surface area contributed by atoms with Crippen molar-refractivity contribution in [3.63, 3.8) is 0 Å². The lowest BCUT2D eigenvalue weighted by atomic mass is 9.87. The molecule has 0 radical (unpaired) electrons. The van der Waals surface area contributed by atoms with Gasteiger partial charge < -0.3 is 14.8 Å². The van der Waals surface area contributed by atoms with Gasteiger partial charge in [0.2, 0.25) is 6.79 Å². The number of hydrogen-bond donors (Lipinski definition) is 1. The maximum atomic E-state index is 5.49. The molecule has 0 amide bonds. The molecule has 3 nitrogen and oxygen atoms in total. The van der Waals surface area contributed by atoms with Crippen molar-refractivity contribution in [3.05, 3.63) is 57.6 Å². The van der Waals surface area contributed by atoms with E-state index in [1.54, 1.807) is 0 Å². The van der Waals surface area contributed by atoms with Gasteiger partial charge in [-0.25, -0.2) is 0 Å². The Morgan fingerprint density at radius 2 is 2.09 bits per heavy atom. The first kappa shape index (κ1) is 14.1. The molecule has 2 aromatic rings. The first-order chi connectivity index (χ1) is 10.8. The minimum atomic E-state index is 0.306. The highest BCUT2D eigenvalue weighted by Gasteiger charge is 2.21. The Kier molecular flexibility index (Phi) is 3.80. The summed E-state index contributed by atoms with van der Waals surface area (Å²) in [6.07, 6.45) is 3.65. The molecule has 0 spiro atoms. The summed E-state index contributed by atoms with van der Waals surface area (Å²) in [5, 5.41) is 3.70. The Morgan fingerprint density at radius 3 is 3.05 bits per heavy atom. The molecular weight excluding hydrogens is 342 g/mol. The van der Waals surface area contributed by atoms with E-state index in [1.165, 1.54) is 36.0 Å². The molecule has 0 unspecified atom stereocenters. The van der Waals surface area contributed by atoms with Gasteiger partial charge in [-0.1, -0.05) is 24.3 Å². The molecule has 1 aliphatic carbocycles. The second-order valence-corrected chi connectivity index (χ2v) is 6.69. The quantitative estimate of drug-likeness (QED) is 0.883. The van der Waals surface area contributed by atoms with Crippen LogP contribution in [-0.2, 0) is 13.0 Å². The van der Waals surface area contributed by atoms with Gasteiger partial charge in [0.25, 0.3) is 0 Å². The van der Waals surface area contributed by atoms with Crippen LogP contribution < -0.4 is 14.8 Å². The molecule has 0 aromatic heterocycles. The predicted molar refractivity (Wildman–Crippen MR) is 89.2 cm³/mol. The lowest BCUT2D eigenvalue weighted by molar-refractivity contribution is 0.173. The van der Waals surface area contributed by atoms with E-state index in [4.69, 9.17) is 9.47 Å². The van der Waals surface area contributed by atoms with Crippen molar-refractivity contribution in [2.24, 2.45) is 0 Å². The van der Waals surface area contributed by atoms with E-state index in [2.05, 4.69) is 57.6 Å². The molecule has 1 aliphatic heterocycles. The minimum Gasteiger partial charge on any atom is -0.454 e. The molecule has 2 aromatic carbocycles. The summed E-state index contributed by atoms with van der Waals surface area (Å²) in [4.78, 5) is 0. The highest BCUT2D eigenvalue weighted by atomic mass is 79.9. The van der Waals surface area contributed by atoms with Crippen LogP contribution in [0.4, 0.5) is 0 Å². The normalized spacial score (nSPS) is 19.0. The largest absolute Gasteiger partial charge is 0.454 e. The molecule has 4 rings (SSSR count). The van der Waals surface area contributed by atoms with Gasteiger partial charge in [-0.15, -0.1) is 0 Å². The Hall–Kier alpha value is -1.52. The summed E-state index contributed by atoms with van der Waals surface area (Å²) >= 11 is 3.56. The van der Waals surface area contributed by atoms with Crippen LogP contribution >= 0.6 is 15.9 Å². The van der Waals surface area contributed by atoms with Gasteiger partial charge in [0.15, 0.2) is 11.5 Å². The maximum Gasteiger partial charge on any atom is 0.231 e. The molecule has 4 heteroatoms. The van der Waals surface area contributed by atoms with Crippen molar-refractivity contribution < 1.29 is 9.47 Å². The zero-order chi connectivity index (χ0) is 14.9. The zero-order valence-electron chi connectivity index (χ0n) is 12.3. The predicted octanol–water partition coefficient (Wildman–Crippen LogP) is 4.35. The number of benzene rings is 2. The molecule has 114 valence electrons. The van der Waals surface area contributed by atoms with E-state index < -0.39 is 0 Å². The molecular formula is C18H18BrNO2. The Balaban J connectivity index is 1.51. The first-order valence-corrected chi connectivity index (χ1v) is 8.50. The molecule has 22 heavy (non-hydrogen) atoms. The fourth-order valence-corrected chi connectivity index (χ4v) is 3.93. The third-order valence-corrected chi connectivity index (χ3v) is 5.00. The fourth-order valence-electron chi connectivity index (χ4n) is 3.33.